The van der Waals surface area contributed by atoms with Crippen LogP contribution in [0.5, 0.6) is 0 Å². The van der Waals surface area contributed by atoms with Crippen molar-refractivity contribution in [3.05, 3.63) is 0 Å². The van der Waals surface area contributed by atoms with E-state index in [1.54, 1.807) is 7.05 Å². The average Bonchev–Trinajstić information content (AvgIpc) is 2.00. The Morgan fingerprint density at radius 2 is 1.58 bits per heavy atom. The lowest BCUT2D eigenvalue weighted by atomic mass is 10.1. The number of amides is 1. The van der Waals surface area contributed by atoms with Crippen molar-refractivity contribution in [3.8, 4) is 0 Å². The van der Waals surface area contributed by atoms with Crippen LogP contribution >= 0.6 is 0 Å². The fourth-order valence-corrected chi connectivity index (χ4v) is 0.881. The zero-order chi connectivity index (χ0) is 9.89. The Morgan fingerprint density at radius 3 is 1.83 bits per heavy atom. The van der Waals surface area contributed by atoms with Crippen LogP contribution in [-0.2, 0) is 9.59 Å². The zero-order valence-corrected chi connectivity index (χ0v) is 8.42. The van der Waals surface area contributed by atoms with Crippen molar-refractivity contribution >= 4 is 11.7 Å². The topological polar surface area (TPSA) is 37.4 Å². The van der Waals surface area contributed by atoms with Gasteiger partial charge in [-0.1, -0.05) is 13.8 Å². The molecule has 0 bridgehead atoms. The van der Waals surface area contributed by atoms with Crippen LogP contribution in [0.25, 0.3) is 0 Å². The number of hydrogen-bond donors (Lipinski definition) is 0. The lowest BCUT2D eigenvalue weighted by molar-refractivity contribution is -0.144. The second-order valence-corrected chi connectivity index (χ2v) is 3.46. The van der Waals surface area contributed by atoms with Gasteiger partial charge in [0.25, 0.3) is 5.91 Å². The van der Waals surface area contributed by atoms with Crippen LogP contribution in [0.15, 0.2) is 0 Å². The van der Waals surface area contributed by atoms with Crippen molar-refractivity contribution in [2.24, 2.45) is 5.92 Å². The molecular formula is C9H17NO2. The van der Waals surface area contributed by atoms with Crippen molar-refractivity contribution in [2.75, 3.05) is 7.05 Å². The highest BCUT2D eigenvalue weighted by Crippen LogP contribution is 2.07. The number of likely N-dealkylation sites (N-methyl/N-ethyl adjacent to an activating group) is 1. The molecule has 0 N–H and O–H groups in total. The van der Waals surface area contributed by atoms with E-state index < -0.39 is 11.7 Å². The molecule has 0 aromatic carbocycles. The SMILES string of the molecule is CC(=O)C(=O)N(C)C(C)C(C)C. The van der Waals surface area contributed by atoms with Crippen molar-refractivity contribution in [3.63, 3.8) is 0 Å². The molecule has 1 atom stereocenters. The van der Waals surface area contributed by atoms with Gasteiger partial charge in [-0.2, -0.15) is 0 Å². The molecule has 0 aromatic heterocycles. The van der Waals surface area contributed by atoms with Crippen LogP contribution in [0, 0.1) is 5.92 Å². The van der Waals surface area contributed by atoms with Gasteiger partial charge >= 0.3 is 0 Å². The Hall–Kier alpha value is -0.860. The van der Waals surface area contributed by atoms with Crippen molar-refractivity contribution in [1.82, 2.24) is 4.90 Å². The summed E-state index contributed by atoms with van der Waals surface area (Å²) in [5, 5.41) is 0. The third-order valence-electron chi connectivity index (χ3n) is 2.20. The van der Waals surface area contributed by atoms with Gasteiger partial charge in [0.15, 0.2) is 0 Å². The molecule has 70 valence electrons. The molecule has 0 rings (SSSR count). The van der Waals surface area contributed by atoms with Crippen LogP contribution in [0.2, 0.25) is 0 Å². The summed E-state index contributed by atoms with van der Waals surface area (Å²) in [4.78, 5) is 23.4. The lowest BCUT2D eigenvalue weighted by Crippen LogP contribution is -2.41. The quantitative estimate of drug-likeness (QED) is 0.596. The van der Waals surface area contributed by atoms with Crippen LogP contribution in [0.1, 0.15) is 27.7 Å². The fourth-order valence-electron chi connectivity index (χ4n) is 0.881. The van der Waals surface area contributed by atoms with Crippen LogP contribution in [0.3, 0.4) is 0 Å². The van der Waals surface area contributed by atoms with E-state index in [0.717, 1.165) is 0 Å². The minimum Gasteiger partial charge on any atom is -0.336 e. The highest BCUT2D eigenvalue weighted by atomic mass is 16.2. The van der Waals surface area contributed by atoms with Crippen LogP contribution < -0.4 is 0 Å². The molecule has 0 saturated heterocycles. The molecule has 0 fully saturated rings. The normalized spacial score (nSPS) is 12.8. The molecule has 0 saturated carbocycles. The number of carbonyl (C=O) groups excluding carboxylic acids is 2. The Balaban J connectivity index is 4.29. The molecule has 0 radical (unpaired) electrons. The highest BCUT2D eigenvalue weighted by molar-refractivity contribution is 6.35. The number of hydrogen-bond acceptors (Lipinski definition) is 2. The van der Waals surface area contributed by atoms with Gasteiger partial charge in [-0.15, -0.1) is 0 Å². The Bertz CT molecular complexity index is 187. The summed E-state index contributed by atoms with van der Waals surface area (Å²) in [6.07, 6.45) is 0. The van der Waals surface area contributed by atoms with Gasteiger partial charge in [0.05, 0.1) is 0 Å². The Labute approximate surface area is 73.7 Å². The molecule has 1 unspecified atom stereocenters. The number of ketones is 1. The summed E-state index contributed by atoms with van der Waals surface area (Å²) in [7, 11) is 1.66. The lowest BCUT2D eigenvalue weighted by Gasteiger charge is -2.26. The molecule has 3 nitrogen and oxygen atoms in total. The second-order valence-electron chi connectivity index (χ2n) is 3.46. The van der Waals surface area contributed by atoms with E-state index >= 15 is 0 Å². The van der Waals surface area contributed by atoms with E-state index in [2.05, 4.69) is 0 Å². The van der Waals surface area contributed by atoms with E-state index in [1.165, 1.54) is 11.8 Å². The molecule has 0 aromatic rings. The molecule has 3 heteroatoms. The summed E-state index contributed by atoms with van der Waals surface area (Å²) >= 11 is 0. The van der Waals surface area contributed by atoms with Gasteiger partial charge < -0.3 is 4.90 Å². The van der Waals surface area contributed by atoms with Crippen molar-refractivity contribution in [2.45, 2.75) is 33.7 Å². The molecule has 0 aliphatic rings. The first-order valence-electron chi connectivity index (χ1n) is 4.15. The predicted octanol–water partition coefficient (Wildman–Crippen LogP) is 1.08. The van der Waals surface area contributed by atoms with E-state index in [-0.39, 0.29) is 6.04 Å². The smallest absolute Gasteiger partial charge is 0.289 e. The minimum atomic E-state index is -0.406. The summed E-state index contributed by atoms with van der Waals surface area (Å²) in [6.45, 7) is 7.28. The van der Waals surface area contributed by atoms with Gasteiger partial charge in [0.2, 0.25) is 5.78 Å². The van der Waals surface area contributed by atoms with E-state index in [4.69, 9.17) is 0 Å². The molecule has 1 amide bonds. The Kier molecular flexibility index (Phi) is 3.93. The van der Waals surface area contributed by atoms with Crippen LogP contribution in [-0.4, -0.2) is 29.7 Å². The van der Waals surface area contributed by atoms with Gasteiger partial charge in [0.1, 0.15) is 0 Å². The highest BCUT2D eigenvalue weighted by Gasteiger charge is 2.20. The predicted molar refractivity (Wildman–Crippen MR) is 47.8 cm³/mol. The number of Topliss-reactive ketones (excluding diaryl/α,β-unsaturated/α-hetero) is 1. The third-order valence-corrected chi connectivity index (χ3v) is 2.20. The first-order valence-corrected chi connectivity index (χ1v) is 4.15. The minimum absolute atomic E-state index is 0.112. The molecule has 12 heavy (non-hydrogen) atoms. The third kappa shape index (κ3) is 2.64. The number of rotatable bonds is 3. The van der Waals surface area contributed by atoms with E-state index in [9.17, 15) is 9.59 Å². The van der Waals surface area contributed by atoms with Crippen LogP contribution in [0.4, 0.5) is 0 Å². The van der Waals surface area contributed by atoms with Gasteiger partial charge in [-0.05, 0) is 12.8 Å². The molecule has 0 aliphatic carbocycles. The van der Waals surface area contributed by atoms with Crippen molar-refractivity contribution < 1.29 is 9.59 Å². The van der Waals surface area contributed by atoms with Gasteiger partial charge in [-0.3, -0.25) is 9.59 Å². The second kappa shape index (κ2) is 4.24. The number of nitrogens with zero attached hydrogens (tertiary/aromatic N) is 1. The molecule has 0 aliphatic heterocycles. The largest absolute Gasteiger partial charge is 0.336 e. The van der Waals surface area contributed by atoms with Crippen molar-refractivity contribution in [1.29, 1.82) is 0 Å². The maximum absolute atomic E-state index is 11.2. The fraction of sp³-hybridized carbons (Fsp3) is 0.778. The molecular weight excluding hydrogens is 154 g/mol. The average molecular weight is 171 g/mol. The first kappa shape index (κ1) is 11.1. The summed E-state index contributed by atoms with van der Waals surface area (Å²) < 4.78 is 0. The maximum Gasteiger partial charge on any atom is 0.289 e. The van der Waals surface area contributed by atoms with E-state index in [0.29, 0.717) is 5.92 Å². The number of carbonyl (C=O) groups is 2. The maximum atomic E-state index is 11.2. The molecule has 0 spiro atoms. The van der Waals surface area contributed by atoms with Gasteiger partial charge in [0, 0.05) is 20.0 Å². The molecule has 0 heterocycles. The standard InChI is InChI=1S/C9H17NO2/c1-6(2)7(3)10(5)9(12)8(4)11/h6-7H,1-5H3. The van der Waals surface area contributed by atoms with E-state index in [1.807, 2.05) is 20.8 Å². The monoisotopic (exact) mass is 171 g/mol. The summed E-state index contributed by atoms with van der Waals surface area (Å²) in [6, 6.07) is 0.112. The summed E-state index contributed by atoms with van der Waals surface area (Å²) in [5.41, 5.74) is 0. The summed E-state index contributed by atoms with van der Waals surface area (Å²) in [5.74, 6) is -0.431. The zero-order valence-electron chi connectivity index (χ0n) is 8.42. The Morgan fingerprint density at radius 1 is 1.17 bits per heavy atom. The first-order chi connectivity index (χ1) is 5.37. The van der Waals surface area contributed by atoms with Gasteiger partial charge in [-0.25, -0.2) is 0 Å².